The Morgan fingerprint density at radius 3 is 2.94 bits per heavy atom. The topological polar surface area (TPSA) is 61.6 Å². The fourth-order valence-corrected chi connectivity index (χ4v) is 2.47. The smallest absolute Gasteiger partial charge is 0.326 e. The molecule has 0 bridgehead atoms. The van der Waals surface area contributed by atoms with E-state index in [1.165, 1.54) is 4.88 Å². The number of hydrogen-bond acceptors (Lipinski definition) is 5. The Labute approximate surface area is 105 Å². The monoisotopic (exact) mass is 255 g/mol. The molecule has 1 aromatic rings. The van der Waals surface area contributed by atoms with Gasteiger partial charge in [-0.2, -0.15) is 0 Å². The van der Waals surface area contributed by atoms with Crippen molar-refractivity contribution in [3.63, 3.8) is 0 Å². The third-order valence-electron chi connectivity index (χ3n) is 2.95. The van der Waals surface area contributed by atoms with Crippen molar-refractivity contribution in [3.8, 4) is 0 Å². The van der Waals surface area contributed by atoms with Crippen molar-refractivity contribution in [3.05, 3.63) is 22.4 Å². The van der Waals surface area contributed by atoms with Crippen LogP contribution in [0.25, 0.3) is 0 Å². The second-order valence-corrected chi connectivity index (χ2v) is 5.27. The Kier molecular flexibility index (Phi) is 4.15. The number of rotatable bonds is 4. The lowest BCUT2D eigenvalue weighted by atomic mass is 9.92. The molecule has 94 valence electrons. The van der Waals surface area contributed by atoms with Gasteiger partial charge >= 0.3 is 5.97 Å². The van der Waals surface area contributed by atoms with Gasteiger partial charge in [-0.15, -0.1) is 11.3 Å². The van der Waals surface area contributed by atoms with Crippen molar-refractivity contribution in [2.24, 2.45) is 5.73 Å². The van der Waals surface area contributed by atoms with Gasteiger partial charge in [0.15, 0.2) is 0 Å². The minimum atomic E-state index is -0.840. The molecule has 0 radical (unpaired) electrons. The molecular formula is C12H17NO3S. The highest BCUT2D eigenvalue weighted by Crippen LogP contribution is 2.19. The summed E-state index contributed by atoms with van der Waals surface area (Å²) in [5, 5.41) is 2.01. The SMILES string of the molecule is NC1(C(=O)OCCc2cccs2)CCOCC1. The molecule has 0 aromatic carbocycles. The zero-order valence-electron chi connectivity index (χ0n) is 9.69. The first-order chi connectivity index (χ1) is 8.21. The minimum absolute atomic E-state index is 0.294. The zero-order valence-corrected chi connectivity index (χ0v) is 10.5. The second kappa shape index (κ2) is 5.62. The maximum Gasteiger partial charge on any atom is 0.326 e. The van der Waals surface area contributed by atoms with Gasteiger partial charge in [-0.25, -0.2) is 0 Å². The number of thiophene rings is 1. The summed E-state index contributed by atoms with van der Waals surface area (Å²) >= 11 is 1.67. The number of nitrogens with two attached hydrogens (primary N) is 1. The summed E-state index contributed by atoms with van der Waals surface area (Å²) in [6, 6.07) is 4.02. The van der Waals surface area contributed by atoms with Gasteiger partial charge in [-0.05, 0) is 24.3 Å². The van der Waals surface area contributed by atoms with Crippen LogP contribution in [0, 0.1) is 0 Å². The van der Waals surface area contributed by atoms with E-state index in [9.17, 15) is 4.79 Å². The summed E-state index contributed by atoms with van der Waals surface area (Å²) in [4.78, 5) is 13.1. The summed E-state index contributed by atoms with van der Waals surface area (Å²) in [6.07, 6.45) is 1.85. The van der Waals surface area contributed by atoms with E-state index in [0.29, 0.717) is 32.7 Å². The van der Waals surface area contributed by atoms with Crippen LogP contribution in [0.5, 0.6) is 0 Å². The fraction of sp³-hybridized carbons (Fsp3) is 0.583. The van der Waals surface area contributed by atoms with Gasteiger partial charge in [0.25, 0.3) is 0 Å². The van der Waals surface area contributed by atoms with Crippen LogP contribution in [-0.2, 0) is 20.7 Å². The summed E-state index contributed by atoms with van der Waals surface area (Å²) < 4.78 is 10.4. The Morgan fingerprint density at radius 1 is 1.53 bits per heavy atom. The molecule has 1 fully saturated rings. The number of carbonyl (C=O) groups is 1. The van der Waals surface area contributed by atoms with E-state index in [4.69, 9.17) is 15.2 Å². The van der Waals surface area contributed by atoms with E-state index in [1.807, 2.05) is 17.5 Å². The van der Waals surface area contributed by atoms with Crippen molar-refractivity contribution >= 4 is 17.3 Å². The Morgan fingerprint density at radius 2 is 2.29 bits per heavy atom. The second-order valence-electron chi connectivity index (χ2n) is 4.23. The highest BCUT2D eigenvalue weighted by Gasteiger charge is 2.37. The van der Waals surface area contributed by atoms with Gasteiger partial charge < -0.3 is 15.2 Å². The third-order valence-corrected chi connectivity index (χ3v) is 3.89. The van der Waals surface area contributed by atoms with Crippen molar-refractivity contribution in [1.29, 1.82) is 0 Å². The minimum Gasteiger partial charge on any atom is -0.464 e. The predicted octanol–water partition coefficient (Wildman–Crippen LogP) is 1.34. The van der Waals surface area contributed by atoms with Gasteiger partial charge in [-0.3, -0.25) is 4.79 Å². The molecule has 1 aromatic heterocycles. The van der Waals surface area contributed by atoms with E-state index in [0.717, 1.165) is 6.42 Å². The molecule has 1 saturated heterocycles. The first kappa shape index (κ1) is 12.5. The molecular weight excluding hydrogens is 238 g/mol. The standard InChI is InChI=1S/C12H17NO3S/c13-12(4-7-15-8-5-12)11(14)16-6-3-10-2-1-9-17-10/h1-2,9H,3-8,13H2. The normalized spacial score (nSPS) is 18.9. The lowest BCUT2D eigenvalue weighted by molar-refractivity contribution is -0.153. The quantitative estimate of drug-likeness (QED) is 0.825. The lowest BCUT2D eigenvalue weighted by Gasteiger charge is -2.30. The molecule has 0 amide bonds. The average molecular weight is 255 g/mol. The summed E-state index contributed by atoms with van der Waals surface area (Å²) in [5.41, 5.74) is 5.17. The van der Waals surface area contributed by atoms with Crippen LogP contribution in [0.15, 0.2) is 17.5 Å². The van der Waals surface area contributed by atoms with E-state index in [-0.39, 0.29) is 5.97 Å². The first-order valence-corrected chi connectivity index (χ1v) is 6.65. The number of ether oxygens (including phenoxy) is 2. The van der Waals surface area contributed by atoms with Crippen molar-refractivity contribution in [2.45, 2.75) is 24.8 Å². The predicted molar refractivity (Wildman–Crippen MR) is 66.0 cm³/mol. The molecule has 0 saturated carbocycles. The molecule has 0 unspecified atom stereocenters. The van der Waals surface area contributed by atoms with Crippen LogP contribution in [-0.4, -0.2) is 31.3 Å². The highest BCUT2D eigenvalue weighted by molar-refractivity contribution is 7.09. The fourth-order valence-electron chi connectivity index (χ4n) is 1.78. The molecule has 0 atom stereocenters. The molecule has 1 aliphatic heterocycles. The maximum atomic E-state index is 11.8. The molecule has 4 nitrogen and oxygen atoms in total. The molecule has 17 heavy (non-hydrogen) atoms. The molecule has 2 N–H and O–H groups in total. The Hall–Kier alpha value is -0.910. The van der Waals surface area contributed by atoms with E-state index >= 15 is 0 Å². The zero-order chi connectivity index (χ0) is 12.1. The Balaban J connectivity index is 1.76. The summed E-state index contributed by atoms with van der Waals surface area (Å²) in [5.74, 6) is -0.294. The van der Waals surface area contributed by atoms with E-state index in [1.54, 1.807) is 11.3 Å². The molecule has 0 aliphatic carbocycles. The van der Waals surface area contributed by atoms with Crippen molar-refractivity contribution < 1.29 is 14.3 Å². The summed E-state index contributed by atoms with van der Waals surface area (Å²) in [7, 11) is 0. The molecule has 2 rings (SSSR count). The van der Waals surface area contributed by atoms with Gasteiger partial charge in [-0.1, -0.05) is 6.07 Å². The van der Waals surface area contributed by atoms with Crippen LogP contribution in [0.1, 0.15) is 17.7 Å². The Bertz CT molecular complexity index is 358. The van der Waals surface area contributed by atoms with Crippen LogP contribution < -0.4 is 5.73 Å². The number of carbonyl (C=O) groups excluding carboxylic acids is 1. The largest absolute Gasteiger partial charge is 0.464 e. The number of esters is 1. The number of hydrogen-bond donors (Lipinski definition) is 1. The van der Waals surface area contributed by atoms with Gasteiger partial charge in [0.05, 0.1) is 6.61 Å². The maximum absolute atomic E-state index is 11.8. The molecule has 1 aliphatic rings. The highest BCUT2D eigenvalue weighted by atomic mass is 32.1. The van der Waals surface area contributed by atoms with Gasteiger partial charge in [0, 0.05) is 24.5 Å². The van der Waals surface area contributed by atoms with Crippen molar-refractivity contribution in [1.82, 2.24) is 0 Å². The van der Waals surface area contributed by atoms with Crippen molar-refractivity contribution in [2.75, 3.05) is 19.8 Å². The van der Waals surface area contributed by atoms with Crippen LogP contribution >= 0.6 is 11.3 Å². The van der Waals surface area contributed by atoms with E-state index in [2.05, 4.69) is 0 Å². The van der Waals surface area contributed by atoms with E-state index < -0.39 is 5.54 Å². The molecule has 2 heterocycles. The average Bonchev–Trinajstić information content (AvgIpc) is 2.83. The molecule has 5 heteroatoms. The van der Waals surface area contributed by atoms with Crippen LogP contribution in [0.4, 0.5) is 0 Å². The van der Waals surface area contributed by atoms with Gasteiger partial charge in [0.1, 0.15) is 5.54 Å². The van der Waals surface area contributed by atoms with Crippen LogP contribution in [0.3, 0.4) is 0 Å². The first-order valence-electron chi connectivity index (χ1n) is 5.77. The molecule has 0 spiro atoms. The van der Waals surface area contributed by atoms with Gasteiger partial charge in [0.2, 0.25) is 0 Å². The summed E-state index contributed by atoms with van der Waals surface area (Å²) in [6.45, 7) is 1.48. The lowest BCUT2D eigenvalue weighted by Crippen LogP contribution is -2.52. The third kappa shape index (κ3) is 3.28. The van der Waals surface area contributed by atoms with Crippen LogP contribution in [0.2, 0.25) is 0 Å².